The van der Waals surface area contributed by atoms with E-state index in [9.17, 15) is 0 Å². The molecule has 1 aliphatic rings. The summed E-state index contributed by atoms with van der Waals surface area (Å²) in [6.07, 6.45) is 0. The van der Waals surface area contributed by atoms with Crippen LogP contribution in [0.5, 0.6) is 5.75 Å². The fraction of sp³-hybridized carbons (Fsp3) is 0.333. The van der Waals surface area contributed by atoms with Gasteiger partial charge in [-0.15, -0.1) is 10.2 Å². The average molecular weight is 433 g/mol. The maximum absolute atomic E-state index is 6.23. The minimum absolute atomic E-state index is 0.416. The second-order valence-electron chi connectivity index (χ2n) is 7.03. The van der Waals surface area contributed by atoms with Crippen LogP contribution in [0.2, 0.25) is 10.0 Å². The van der Waals surface area contributed by atoms with Crippen LogP contribution in [0.25, 0.3) is 11.5 Å². The normalized spacial score (nSPS) is 15.6. The first-order chi connectivity index (χ1) is 14.1. The third-order valence-electron chi connectivity index (χ3n) is 5.02. The second-order valence-corrected chi connectivity index (χ2v) is 7.87. The van der Waals surface area contributed by atoms with E-state index in [-0.39, 0.29) is 0 Å². The Balaban J connectivity index is 1.30. The van der Waals surface area contributed by atoms with E-state index < -0.39 is 0 Å². The van der Waals surface area contributed by atoms with Gasteiger partial charge in [-0.2, -0.15) is 0 Å². The van der Waals surface area contributed by atoms with Gasteiger partial charge < -0.3 is 9.15 Å². The lowest BCUT2D eigenvalue weighted by atomic mass is 10.2. The maximum Gasteiger partial charge on any atom is 0.249 e. The molecule has 0 saturated carbocycles. The van der Waals surface area contributed by atoms with E-state index in [1.807, 2.05) is 12.1 Å². The molecule has 8 heteroatoms. The molecule has 0 spiro atoms. The van der Waals surface area contributed by atoms with E-state index in [4.69, 9.17) is 32.4 Å². The molecule has 0 unspecified atom stereocenters. The third kappa shape index (κ3) is 5.08. The van der Waals surface area contributed by atoms with Gasteiger partial charge in [0.2, 0.25) is 11.8 Å². The molecule has 0 N–H and O–H groups in total. The quantitative estimate of drug-likeness (QED) is 0.576. The van der Waals surface area contributed by atoms with E-state index in [2.05, 4.69) is 32.1 Å². The number of aromatic nitrogens is 2. The average Bonchev–Trinajstić information content (AvgIpc) is 3.18. The van der Waals surface area contributed by atoms with Crippen LogP contribution in [-0.4, -0.2) is 53.3 Å². The van der Waals surface area contributed by atoms with Crippen LogP contribution in [0.1, 0.15) is 11.5 Å². The Morgan fingerprint density at radius 1 is 0.931 bits per heavy atom. The molecule has 0 atom stereocenters. The molecular weight excluding hydrogens is 411 g/mol. The number of rotatable bonds is 6. The summed E-state index contributed by atoms with van der Waals surface area (Å²) in [7, 11) is 1.69. The maximum atomic E-state index is 6.23. The molecule has 1 saturated heterocycles. The number of methoxy groups -OCH3 is 1. The van der Waals surface area contributed by atoms with Crippen molar-refractivity contribution in [3.8, 4) is 17.2 Å². The van der Waals surface area contributed by atoms with Crippen molar-refractivity contribution in [1.29, 1.82) is 0 Å². The number of hydrogen-bond donors (Lipinski definition) is 0. The minimum Gasteiger partial charge on any atom is -0.497 e. The molecule has 152 valence electrons. The smallest absolute Gasteiger partial charge is 0.249 e. The summed E-state index contributed by atoms with van der Waals surface area (Å²) in [6, 6.07) is 13.5. The zero-order valence-electron chi connectivity index (χ0n) is 16.1. The van der Waals surface area contributed by atoms with Crippen molar-refractivity contribution in [2.75, 3.05) is 33.3 Å². The summed E-state index contributed by atoms with van der Waals surface area (Å²) < 4.78 is 11.0. The Labute approximate surface area is 180 Å². The molecule has 6 nitrogen and oxygen atoms in total. The molecule has 29 heavy (non-hydrogen) atoms. The van der Waals surface area contributed by atoms with Gasteiger partial charge in [-0.25, -0.2) is 0 Å². The molecule has 2 heterocycles. The van der Waals surface area contributed by atoms with Crippen molar-refractivity contribution in [2.45, 2.75) is 13.1 Å². The van der Waals surface area contributed by atoms with Crippen molar-refractivity contribution in [3.05, 3.63) is 64.0 Å². The van der Waals surface area contributed by atoms with Gasteiger partial charge in [0.1, 0.15) is 5.75 Å². The fourth-order valence-corrected chi connectivity index (χ4v) is 3.86. The van der Waals surface area contributed by atoms with Gasteiger partial charge in [0, 0.05) is 37.7 Å². The summed E-state index contributed by atoms with van der Waals surface area (Å²) in [6.45, 7) is 5.48. The molecule has 0 amide bonds. The molecule has 1 fully saturated rings. The van der Waals surface area contributed by atoms with Crippen LogP contribution in [-0.2, 0) is 13.1 Å². The summed E-state index contributed by atoms with van der Waals surface area (Å²) in [5.74, 6) is 1.90. The molecule has 1 aliphatic heterocycles. The Bertz CT molecular complexity index is 954. The van der Waals surface area contributed by atoms with Crippen LogP contribution in [0.3, 0.4) is 0 Å². The molecule has 0 bridgehead atoms. The Morgan fingerprint density at radius 2 is 1.62 bits per heavy atom. The van der Waals surface area contributed by atoms with Crippen LogP contribution < -0.4 is 4.74 Å². The van der Waals surface area contributed by atoms with E-state index in [1.165, 1.54) is 5.56 Å². The first-order valence-electron chi connectivity index (χ1n) is 9.46. The minimum atomic E-state index is 0.416. The number of halogens is 2. The number of ether oxygens (including phenoxy) is 1. The lowest BCUT2D eigenvalue weighted by Crippen LogP contribution is -2.45. The van der Waals surface area contributed by atoms with Gasteiger partial charge in [-0.1, -0.05) is 35.3 Å². The topological polar surface area (TPSA) is 54.6 Å². The molecule has 0 aliphatic carbocycles. The largest absolute Gasteiger partial charge is 0.497 e. The summed E-state index contributed by atoms with van der Waals surface area (Å²) in [5.41, 5.74) is 1.99. The van der Waals surface area contributed by atoms with Crippen molar-refractivity contribution >= 4 is 23.2 Å². The monoisotopic (exact) mass is 432 g/mol. The van der Waals surface area contributed by atoms with Crippen molar-refractivity contribution in [2.24, 2.45) is 0 Å². The highest BCUT2D eigenvalue weighted by Gasteiger charge is 2.20. The fourth-order valence-electron chi connectivity index (χ4n) is 3.38. The van der Waals surface area contributed by atoms with Gasteiger partial charge in [0.15, 0.2) is 0 Å². The molecule has 3 aromatic rings. The number of hydrogen-bond acceptors (Lipinski definition) is 6. The summed E-state index contributed by atoms with van der Waals surface area (Å²) in [4.78, 5) is 4.77. The van der Waals surface area contributed by atoms with E-state index in [1.54, 1.807) is 25.3 Å². The van der Waals surface area contributed by atoms with Gasteiger partial charge in [-0.3, -0.25) is 9.80 Å². The highest BCUT2D eigenvalue weighted by Crippen LogP contribution is 2.29. The number of benzene rings is 2. The first-order valence-corrected chi connectivity index (χ1v) is 10.2. The predicted molar refractivity (Wildman–Crippen MR) is 113 cm³/mol. The Morgan fingerprint density at radius 3 is 2.28 bits per heavy atom. The van der Waals surface area contributed by atoms with E-state index >= 15 is 0 Å². The lowest BCUT2D eigenvalue weighted by molar-refractivity contribution is 0.114. The molecule has 0 radical (unpaired) electrons. The van der Waals surface area contributed by atoms with Crippen molar-refractivity contribution < 1.29 is 9.15 Å². The third-order valence-corrected chi connectivity index (χ3v) is 5.57. The molecule has 4 rings (SSSR count). The van der Waals surface area contributed by atoms with Crippen LogP contribution in [0, 0.1) is 0 Å². The highest BCUT2D eigenvalue weighted by molar-refractivity contribution is 6.36. The van der Waals surface area contributed by atoms with Crippen LogP contribution >= 0.6 is 23.2 Å². The molecular formula is C21H22Cl2N4O2. The van der Waals surface area contributed by atoms with Gasteiger partial charge in [-0.05, 0) is 35.9 Å². The zero-order chi connectivity index (χ0) is 20.2. The Kier molecular flexibility index (Phi) is 6.35. The van der Waals surface area contributed by atoms with Gasteiger partial charge in [0.25, 0.3) is 0 Å². The SMILES string of the molecule is COc1ccc(CN2CCN(Cc3nnc(-c4ccc(Cl)cc4Cl)o3)CC2)cc1. The first kappa shape index (κ1) is 20.2. The van der Waals surface area contributed by atoms with E-state index in [0.29, 0.717) is 33.9 Å². The number of piperazine rings is 1. The van der Waals surface area contributed by atoms with Crippen LogP contribution in [0.15, 0.2) is 46.9 Å². The standard InChI is InChI=1S/C21H22Cl2N4O2/c1-28-17-5-2-15(3-6-17)13-26-8-10-27(11-9-26)14-20-24-25-21(29-20)18-7-4-16(22)12-19(18)23/h2-7,12H,8-11,13-14H2,1H3. The van der Waals surface area contributed by atoms with Gasteiger partial charge >= 0.3 is 0 Å². The van der Waals surface area contributed by atoms with Gasteiger partial charge in [0.05, 0.1) is 24.2 Å². The van der Waals surface area contributed by atoms with Crippen molar-refractivity contribution in [3.63, 3.8) is 0 Å². The second kappa shape index (κ2) is 9.13. The van der Waals surface area contributed by atoms with E-state index in [0.717, 1.165) is 38.5 Å². The summed E-state index contributed by atoms with van der Waals surface area (Å²) >= 11 is 12.2. The summed E-state index contributed by atoms with van der Waals surface area (Å²) in [5, 5.41) is 9.39. The molecule has 1 aromatic heterocycles. The lowest BCUT2D eigenvalue weighted by Gasteiger charge is -2.33. The zero-order valence-corrected chi connectivity index (χ0v) is 17.7. The molecule has 2 aromatic carbocycles. The predicted octanol–water partition coefficient (Wildman–Crippen LogP) is 4.37. The Hall–Kier alpha value is -2.12. The van der Waals surface area contributed by atoms with Crippen molar-refractivity contribution in [1.82, 2.24) is 20.0 Å². The number of nitrogens with zero attached hydrogens (tertiary/aromatic N) is 4. The highest BCUT2D eigenvalue weighted by atomic mass is 35.5. The van der Waals surface area contributed by atoms with Crippen LogP contribution in [0.4, 0.5) is 0 Å².